The first-order valence-electron chi connectivity index (χ1n) is 5.38. The number of nitrogens with one attached hydrogen (secondary N) is 1. The van der Waals surface area contributed by atoms with Gasteiger partial charge in [0.15, 0.2) is 0 Å². The largest absolute Gasteiger partial charge is 0.326 e. The zero-order valence-corrected chi connectivity index (χ0v) is 11.7. The summed E-state index contributed by atoms with van der Waals surface area (Å²) in [7, 11) is -3.99. The molecule has 0 fully saturated rings. The van der Waals surface area contributed by atoms with Gasteiger partial charge < -0.3 is 0 Å². The van der Waals surface area contributed by atoms with Crippen LogP contribution < -0.4 is 4.72 Å². The Labute approximate surface area is 115 Å². The fourth-order valence-electron chi connectivity index (χ4n) is 1.90. The fraction of sp³-hybridized carbons (Fsp3) is 0.273. The Hall–Kier alpha value is -1.78. The highest BCUT2D eigenvalue weighted by molar-refractivity contribution is 7.91. The number of hydrogen-bond donors (Lipinski definition) is 1. The summed E-state index contributed by atoms with van der Waals surface area (Å²) < 4.78 is 26.9. The van der Waals surface area contributed by atoms with E-state index in [1.54, 1.807) is 13.8 Å². The predicted octanol–water partition coefficient (Wildman–Crippen LogP) is 1.73. The number of carbonyl (C=O) groups is 1. The van der Waals surface area contributed by atoms with Gasteiger partial charge in [-0.2, -0.15) is 13.7 Å². The van der Waals surface area contributed by atoms with Gasteiger partial charge in [0.1, 0.15) is 6.07 Å². The lowest BCUT2D eigenvalue weighted by molar-refractivity contribution is 0.0834. The van der Waals surface area contributed by atoms with Gasteiger partial charge >= 0.3 is 10.2 Å². The van der Waals surface area contributed by atoms with E-state index in [1.165, 1.54) is 12.1 Å². The highest BCUT2D eigenvalue weighted by Gasteiger charge is 2.39. The van der Waals surface area contributed by atoms with Crippen LogP contribution in [0, 0.1) is 11.3 Å². The first kappa shape index (κ1) is 13.6. The summed E-state index contributed by atoms with van der Waals surface area (Å²) in [6.45, 7) is 3.14. The summed E-state index contributed by atoms with van der Waals surface area (Å²) in [5.41, 5.74) is 0.0265. The zero-order valence-electron chi connectivity index (χ0n) is 10.1. The number of anilines is 1. The number of nitrogens with zero attached hydrogens (tertiary/aromatic N) is 2. The monoisotopic (exact) mass is 299 g/mol. The van der Waals surface area contributed by atoms with E-state index in [2.05, 4.69) is 4.72 Å². The molecule has 0 spiro atoms. The van der Waals surface area contributed by atoms with Gasteiger partial charge in [-0.15, -0.1) is 0 Å². The van der Waals surface area contributed by atoms with Crippen LogP contribution in [0.1, 0.15) is 29.8 Å². The molecule has 0 aromatic heterocycles. The Morgan fingerprint density at radius 1 is 1.42 bits per heavy atom. The molecule has 8 heteroatoms. The lowest BCUT2D eigenvalue weighted by atomic mass is 10.1. The molecule has 0 aliphatic carbocycles. The summed E-state index contributed by atoms with van der Waals surface area (Å²) in [5.74, 6) is -0.747. The van der Waals surface area contributed by atoms with Gasteiger partial charge in [-0.25, -0.2) is 4.31 Å². The lowest BCUT2D eigenvalue weighted by Gasteiger charge is -2.32. The molecule has 0 unspecified atom stereocenters. The maximum atomic E-state index is 12.3. The standard InChI is InChI=1S/C11H10ClN3O3S/c1-6(2)15-11(16)9-7(5-13)3-4-8(12)10(9)14-19(15,17)18/h3-4,6,14H,1-2H3. The number of nitriles is 1. The molecule has 0 saturated heterocycles. The van der Waals surface area contributed by atoms with Crippen molar-refractivity contribution in [3.8, 4) is 6.07 Å². The van der Waals surface area contributed by atoms with E-state index in [4.69, 9.17) is 16.9 Å². The van der Waals surface area contributed by atoms with Gasteiger partial charge in [0.2, 0.25) is 0 Å². The van der Waals surface area contributed by atoms with Crippen molar-refractivity contribution >= 4 is 33.4 Å². The summed E-state index contributed by atoms with van der Waals surface area (Å²) in [5, 5.41) is 9.09. The summed E-state index contributed by atoms with van der Waals surface area (Å²) in [6.07, 6.45) is 0. The third-order valence-corrected chi connectivity index (χ3v) is 4.53. The lowest BCUT2D eigenvalue weighted by Crippen LogP contribution is -2.48. The molecular formula is C11H10ClN3O3S. The van der Waals surface area contributed by atoms with Gasteiger partial charge in [-0.3, -0.25) is 9.52 Å². The Kier molecular flexibility index (Phi) is 3.16. The van der Waals surface area contributed by atoms with E-state index in [9.17, 15) is 13.2 Å². The van der Waals surface area contributed by atoms with Gasteiger partial charge in [-0.05, 0) is 26.0 Å². The van der Waals surface area contributed by atoms with Gasteiger partial charge in [-0.1, -0.05) is 11.6 Å². The molecule has 0 bridgehead atoms. The number of carbonyl (C=O) groups excluding carboxylic acids is 1. The smallest absolute Gasteiger partial charge is 0.268 e. The molecule has 1 heterocycles. The fourth-order valence-corrected chi connectivity index (χ4v) is 3.60. The van der Waals surface area contributed by atoms with Crippen molar-refractivity contribution in [3.63, 3.8) is 0 Å². The second-order valence-electron chi connectivity index (χ2n) is 4.26. The summed E-state index contributed by atoms with van der Waals surface area (Å²) in [4.78, 5) is 12.3. The number of rotatable bonds is 1. The minimum atomic E-state index is -3.99. The molecule has 100 valence electrons. The molecule has 0 radical (unpaired) electrons. The molecule has 6 nitrogen and oxygen atoms in total. The van der Waals surface area contributed by atoms with Gasteiger partial charge in [0.25, 0.3) is 5.91 Å². The van der Waals surface area contributed by atoms with E-state index in [0.717, 1.165) is 0 Å². The van der Waals surface area contributed by atoms with Crippen LogP contribution in [0.4, 0.5) is 5.69 Å². The maximum absolute atomic E-state index is 12.3. The van der Waals surface area contributed by atoms with E-state index < -0.39 is 22.2 Å². The van der Waals surface area contributed by atoms with Gasteiger partial charge in [0, 0.05) is 6.04 Å². The Balaban J connectivity index is 2.78. The first-order chi connectivity index (χ1) is 8.79. The topological polar surface area (TPSA) is 90.3 Å². The van der Waals surface area contributed by atoms with Crippen LogP contribution in [-0.4, -0.2) is 24.7 Å². The van der Waals surface area contributed by atoms with Crippen LogP contribution in [0.5, 0.6) is 0 Å². The van der Waals surface area contributed by atoms with Crippen molar-refractivity contribution < 1.29 is 13.2 Å². The van der Waals surface area contributed by atoms with Crippen molar-refractivity contribution in [1.82, 2.24) is 4.31 Å². The van der Waals surface area contributed by atoms with Crippen LogP contribution in [-0.2, 0) is 10.2 Å². The highest BCUT2D eigenvalue weighted by Crippen LogP contribution is 2.35. The average Bonchev–Trinajstić information content (AvgIpc) is 2.29. The molecule has 2 rings (SSSR count). The molecule has 0 saturated carbocycles. The number of fused-ring (bicyclic) bond motifs is 1. The minimum Gasteiger partial charge on any atom is -0.268 e. The molecule has 1 amide bonds. The molecular weight excluding hydrogens is 290 g/mol. The van der Waals surface area contributed by atoms with Gasteiger partial charge in [0.05, 0.1) is 21.8 Å². The molecule has 1 aliphatic heterocycles. The van der Waals surface area contributed by atoms with Crippen molar-refractivity contribution in [2.45, 2.75) is 19.9 Å². The van der Waals surface area contributed by atoms with Crippen molar-refractivity contribution in [1.29, 1.82) is 5.26 Å². The summed E-state index contributed by atoms with van der Waals surface area (Å²) in [6, 6.07) is 4.05. The van der Waals surface area contributed by atoms with Crippen LogP contribution in [0.15, 0.2) is 12.1 Å². The SMILES string of the molecule is CC(C)N1C(=O)c2c(C#N)ccc(Cl)c2NS1(=O)=O. The second-order valence-corrected chi connectivity index (χ2v) is 6.21. The van der Waals surface area contributed by atoms with Crippen LogP contribution in [0.25, 0.3) is 0 Å². The predicted molar refractivity (Wildman–Crippen MR) is 70.0 cm³/mol. The quantitative estimate of drug-likeness (QED) is 0.855. The average molecular weight is 300 g/mol. The number of hydrogen-bond acceptors (Lipinski definition) is 4. The third kappa shape index (κ3) is 2.03. The van der Waals surface area contributed by atoms with Crippen molar-refractivity contribution in [2.75, 3.05) is 4.72 Å². The number of halogens is 1. The number of amides is 1. The van der Waals surface area contributed by atoms with E-state index in [-0.39, 0.29) is 21.8 Å². The molecule has 0 atom stereocenters. The highest BCUT2D eigenvalue weighted by atomic mass is 35.5. The van der Waals surface area contributed by atoms with Crippen molar-refractivity contribution in [3.05, 3.63) is 28.3 Å². The Bertz CT molecular complexity index is 707. The number of benzene rings is 1. The zero-order chi connectivity index (χ0) is 14.4. The van der Waals surface area contributed by atoms with E-state index >= 15 is 0 Å². The normalized spacial score (nSPS) is 16.8. The summed E-state index contributed by atoms with van der Waals surface area (Å²) >= 11 is 5.88. The van der Waals surface area contributed by atoms with E-state index in [0.29, 0.717) is 4.31 Å². The van der Waals surface area contributed by atoms with Crippen LogP contribution >= 0.6 is 11.6 Å². The van der Waals surface area contributed by atoms with Crippen LogP contribution in [0.3, 0.4) is 0 Å². The third-order valence-electron chi connectivity index (χ3n) is 2.65. The maximum Gasteiger partial charge on any atom is 0.326 e. The second kappa shape index (κ2) is 4.40. The van der Waals surface area contributed by atoms with Crippen LogP contribution in [0.2, 0.25) is 5.02 Å². The first-order valence-corrected chi connectivity index (χ1v) is 7.20. The molecule has 19 heavy (non-hydrogen) atoms. The molecule has 1 aromatic carbocycles. The molecule has 1 aromatic rings. The van der Waals surface area contributed by atoms with Crippen molar-refractivity contribution in [2.24, 2.45) is 0 Å². The molecule has 1 N–H and O–H groups in total. The Morgan fingerprint density at radius 2 is 2.05 bits per heavy atom. The van der Waals surface area contributed by atoms with E-state index in [1.807, 2.05) is 6.07 Å². The minimum absolute atomic E-state index is 0.0153. The molecule has 1 aliphatic rings. The Morgan fingerprint density at radius 3 is 2.58 bits per heavy atom.